The predicted octanol–water partition coefficient (Wildman–Crippen LogP) is 1.78. The first-order chi connectivity index (χ1) is 9.46. The zero-order chi connectivity index (χ0) is 14.8. The summed E-state index contributed by atoms with van der Waals surface area (Å²) in [6, 6.07) is 0. The van der Waals surface area contributed by atoms with Gasteiger partial charge in [-0.1, -0.05) is 13.3 Å². The molecule has 3 unspecified atom stereocenters. The lowest BCUT2D eigenvalue weighted by Crippen LogP contribution is -2.43. The third-order valence-corrected chi connectivity index (χ3v) is 7.09. The van der Waals surface area contributed by atoms with Gasteiger partial charge in [0.1, 0.15) is 0 Å². The van der Waals surface area contributed by atoms with Gasteiger partial charge in [0.05, 0.1) is 18.3 Å². The topological polar surface area (TPSA) is 63.7 Å². The maximum absolute atomic E-state index is 12.8. The molecule has 3 atom stereocenters. The maximum atomic E-state index is 12.8. The number of hydrogen-bond donors (Lipinski definition) is 0. The molecule has 0 radical (unpaired) electrons. The second-order valence-electron chi connectivity index (χ2n) is 6.08. The summed E-state index contributed by atoms with van der Waals surface area (Å²) in [6.07, 6.45) is 4.89. The van der Waals surface area contributed by atoms with E-state index in [0.717, 1.165) is 25.7 Å². The molecular weight excluding hydrogens is 278 g/mol. The highest BCUT2D eigenvalue weighted by molar-refractivity contribution is 7.89. The monoisotopic (exact) mass is 303 g/mol. The first-order valence-corrected chi connectivity index (χ1v) is 9.04. The van der Waals surface area contributed by atoms with Crippen LogP contribution in [-0.2, 0) is 19.6 Å². The Labute approximate surface area is 121 Å². The number of methoxy groups -OCH3 is 1. The minimum absolute atomic E-state index is 0.376. The maximum Gasteiger partial charge on any atom is 0.310 e. The van der Waals surface area contributed by atoms with E-state index < -0.39 is 21.2 Å². The Morgan fingerprint density at radius 3 is 2.55 bits per heavy atom. The molecule has 1 aliphatic heterocycles. The number of rotatable bonds is 3. The van der Waals surface area contributed by atoms with Crippen LogP contribution in [0.1, 0.15) is 45.4 Å². The van der Waals surface area contributed by atoms with Crippen LogP contribution in [0.15, 0.2) is 0 Å². The minimum atomic E-state index is -3.38. The largest absolute Gasteiger partial charge is 0.469 e. The van der Waals surface area contributed by atoms with Crippen molar-refractivity contribution in [3.05, 3.63) is 0 Å². The average Bonchev–Trinajstić information content (AvgIpc) is 2.81. The van der Waals surface area contributed by atoms with Crippen molar-refractivity contribution in [3.63, 3.8) is 0 Å². The van der Waals surface area contributed by atoms with Crippen molar-refractivity contribution in [2.75, 3.05) is 20.2 Å². The molecule has 0 spiro atoms. The molecule has 1 heterocycles. The second-order valence-corrected chi connectivity index (χ2v) is 8.23. The van der Waals surface area contributed by atoms with E-state index in [1.165, 1.54) is 7.11 Å². The Morgan fingerprint density at radius 1 is 1.10 bits per heavy atom. The highest BCUT2D eigenvalue weighted by Gasteiger charge is 2.44. The zero-order valence-corrected chi connectivity index (χ0v) is 13.2. The lowest BCUT2D eigenvalue weighted by molar-refractivity contribution is -0.145. The van der Waals surface area contributed by atoms with E-state index in [1.807, 2.05) is 0 Å². The van der Waals surface area contributed by atoms with Crippen LogP contribution in [0.5, 0.6) is 0 Å². The van der Waals surface area contributed by atoms with Crippen molar-refractivity contribution in [2.24, 2.45) is 11.8 Å². The summed E-state index contributed by atoms with van der Waals surface area (Å²) < 4.78 is 32.0. The Balaban J connectivity index is 2.14. The predicted molar refractivity (Wildman–Crippen MR) is 76.7 cm³/mol. The first kappa shape index (κ1) is 15.8. The Morgan fingerprint density at radius 2 is 1.85 bits per heavy atom. The fourth-order valence-corrected chi connectivity index (χ4v) is 5.64. The van der Waals surface area contributed by atoms with Crippen LogP contribution in [0.2, 0.25) is 0 Å². The Hall–Kier alpha value is -0.620. The van der Waals surface area contributed by atoms with E-state index in [0.29, 0.717) is 31.8 Å². The molecule has 1 aliphatic carbocycles. The lowest BCUT2D eigenvalue weighted by Gasteiger charge is -2.26. The Bertz CT molecular complexity index is 448. The van der Waals surface area contributed by atoms with Crippen molar-refractivity contribution in [3.8, 4) is 0 Å². The standard InChI is InChI=1S/C14H25NO4S/c1-11-5-4-9-15(10-8-11)20(17,18)13-7-3-6-12(13)14(16)19-2/h11-13H,3-10H2,1-2H3. The summed E-state index contributed by atoms with van der Waals surface area (Å²) in [5.41, 5.74) is 0. The van der Waals surface area contributed by atoms with E-state index in [2.05, 4.69) is 6.92 Å². The number of nitrogens with zero attached hydrogens (tertiary/aromatic N) is 1. The molecule has 6 heteroatoms. The highest BCUT2D eigenvalue weighted by atomic mass is 32.2. The molecule has 20 heavy (non-hydrogen) atoms. The van der Waals surface area contributed by atoms with Gasteiger partial charge in [0.2, 0.25) is 10.0 Å². The summed E-state index contributed by atoms with van der Waals surface area (Å²) in [7, 11) is -2.05. The molecule has 0 N–H and O–H groups in total. The number of carbonyl (C=O) groups is 1. The van der Waals surface area contributed by atoms with Gasteiger partial charge in [-0.05, 0) is 38.0 Å². The van der Waals surface area contributed by atoms with Gasteiger partial charge in [0.15, 0.2) is 0 Å². The number of esters is 1. The average molecular weight is 303 g/mol. The first-order valence-electron chi connectivity index (χ1n) is 7.53. The van der Waals surface area contributed by atoms with Gasteiger partial charge in [-0.3, -0.25) is 4.79 Å². The summed E-state index contributed by atoms with van der Waals surface area (Å²) >= 11 is 0. The van der Waals surface area contributed by atoms with E-state index in [1.54, 1.807) is 4.31 Å². The third-order valence-electron chi connectivity index (χ3n) is 4.67. The number of sulfonamides is 1. The van der Waals surface area contributed by atoms with Gasteiger partial charge in [0, 0.05) is 13.1 Å². The van der Waals surface area contributed by atoms with Gasteiger partial charge >= 0.3 is 5.97 Å². The second kappa shape index (κ2) is 6.43. The van der Waals surface area contributed by atoms with Crippen molar-refractivity contribution < 1.29 is 17.9 Å². The number of hydrogen-bond acceptors (Lipinski definition) is 4. The summed E-state index contributed by atoms with van der Waals surface area (Å²) in [5.74, 6) is -0.278. The van der Waals surface area contributed by atoms with Crippen LogP contribution in [0, 0.1) is 11.8 Å². The zero-order valence-electron chi connectivity index (χ0n) is 12.4. The van der Waals surface area contributed by atoms with Gasteiger partial charge in [0.25, 0.3) is 0 Å². The van der Waals surface area contributed by atoms with E-state index >= 15 is 0 Å². The molecule has 1 saturated carbocycles. The molecular formula is C14H25NO4S. The van der Waals surface area contributed by atoms with Crippen molar-refractivity contribution >= 4 is 16.0 Å². The van der Waals surface area contributed by atoms with Crippen LogP contribution in [0.3, 0.4) is 0 Å². The van der Waals surface area contributed by atoms with Crippen LogP contribution in [0.4, 0.5) is 0 Å². The van der Waals surface area contributed by atoms with Gasteiger partial charge in [-0.25, -0.2) is 12.7 Å². The van der Waals surface area contributed by atoms with Crippen LogP contribution in [-0.4, -0.2) is 44.1 Å². The van der Waals surface area contributed by atoms with Crippen molar-refractivity contribution in [2.45, 2.75) is 50.7 Å². The molecule has 116 valence electrons. The van der Waals surface area contributed by atoms with Crippen molar-refractivity contribution in [1.29, 1.82) is 0 Å². The molecule has 2 rings (SSSR count). The molecule has 0 amide bonds. The van der Waals surface area contributed by atoms with Crippen molar-refractivity contribution in [1.82, 2.24) is 4.31 Å². The summed E-state index contributed by atoms with van der Waals surface area (Å²) in [6.45, 7) is 3.36. The molecule has 0 aromatic heterocycles. The van der Waals surface area contributed by atoms with Crippen LogP contribution < -0.4 is 0 Å². The Kier molecular flexibility index (Phi) is 5.07. The molecule has 2 aliphatic rings. The molecule has 0 aromatic rings. The molecule has 1 saturated heterocycles. The number of ether oxygens (including phenoxy) is 1. The number of carbonyl (C=O) groups excluding carboxylic acids is 1. The smallest absolute Gasteiger partial charge is 0.310 e. The van der Waals surface area contributed by atoms with E-state index in [9.17, 15) is 13.2 Å². The van der Waals surface area contributed by atoms with Crippen LogP contribution in [0.25, 0.3) is 0 Å². The van der Waals surface area contributed by atoms with Gasteiger partial charge < -0.3 is 4.74 Å². The fourth-order valence-electron chi connectivity index (χ4n) is 3.39. The van der Waals surface area contributed by atoms with Gasteiger partial charge in [-0.15, -0.1) is 0 Å². The third kappa shape index (κ3) is 3.17. The summed E-state index contributed by atoms with van der Waals surface area (Å²) in [4.78, 5) is 11.8. The minimum Gasteiger partial charge on any atom is -0.469 e. The highest BCUT2D eigenvalue weighted by Crippen LogP contribution is 2.34. The van der Waals surface area contributed by atoms with Gasteiger partial charge in [-0.2, -0.15) is 0 Å². The lowest BCUT2D eigenvalue weighted by atomic mass is 10.0. The quantitative estimate of drug-likeness (QED) is 0.746. The molecule has 0 aromatic carbocycles. The van der Waals surface area contributed by atoms with E-state index in [-0.39, 0.29) is 5.97 Å². The molecule has 5 nitrogen and oxygen atoms in total. The molecule has 0 bridgehead atoms. The van der Waals surface area contributed by atoms with Crippen LogP contribution >= 0.6 is 0 Å². The molecule has 2 fully saturated rings. The SMILES string of the molecule is COC(=O)C1CCCC1S(=O)(=O)N1CCCC(C)CC1. The fraction of sp³-hybridized carbons (Fsp3) is 0.929. The summed E-state index contributed by atoms with van der Waals surface area (Å²) in [5, 5.41) is -0.580. The van der Waals surface area contributed by atoms with E-state index in [4.69, 9.17) is 4.74 Å². The normalized spacial score (nSPS) is 32.8.